The molecule has 0 aliphatic carbocycles. The number of aliphatic hydroxyl groups excluding tert-OH is 1. The summed E-state index contributed by atoms with van der Waals surface area (Å²) in [4.78, 5) is 0. The van der Waals surface area contributed by atoms with Crippen molar-refractivity contribution in [1.29, 1.82) is 0 Å². The summed E-state index contributed by atoms with van der Waals surface area (Å²) in [6, 6.07) is 7.47. The minimum absolute atomic E-state index is 0.235. The van der Waals surface area contributed by atoms with E-state index < -0.39 is 6.10 Å². The number of rotatable bonds is 3. The lowest BCUT2D eigenvalue weighted by molar-refractivity contribution is 0.0912. The van der Waals surface area contributed by atoms with Crippen molar-refractivity contribution in [1.82, 2.24) is 0 Å². The summed E-state index contributed by atoms with van der Waals surface area (Å²) in [5.74, 6) is 0.235. The summed E-state index contributed by atoms with van der Waals surface area (Å²) in [5, 5.41) is 10.9. The Morgan fingerprint density at radius 3 is 2.44 bits per heavy atom. The zero-order valence-electron chi connectivity index (χ0n) is 10.5. The fraction of sp³-hybridized carbons (Fsp3) is 0.571. The van der Waals surface area contributed by atoms with Gasteiger partial charge in [0.25, 0.3) is 0 Å². The van der Waals surface area contributed by atoms with E-state index in [2.05, 4.69) is 27.7 Å². The van der Waals surface area contributed by atoms with Crippen LogP contribution in [0.25, 0.3) is 0 Å². The normalized spacial score (nSPS) is 15.9. The van der Waals surface area contributed by atoms with Gasteiger partial charge in [0.1, 0.15) is 0 Å². The average molecular weight is 241 g/mol. The Kier molecular flexibility index (Phi) is 4.40. The van der Waals surface area contributed by atoms with Crippen molar-refractivity contribution in [3.63, 3.8) is 0 Å². The lowest BCUT2D eigenvalue weighted by atomic mass is 9.81. The molecule has 0 aliphatic rings. The van der Waals surface area contributed by atoms with Crippen LogP contribution in [0, 0.1) is 11.3 Å². The molecule has 0 amide bonds. The van der Waals surface area contributed by atoms with Crippen molar-refractivity contribution in [2.45, 2.75) is 40.2 Å². The van der Waals surface area contributed by atoms with Crippen LogP contribution in [0.1, 0.15) is 45.8 Å². The summed E-state index contributed by atoms with van der Waals surface area (Å²) in [5.41, 5.74) is 1.14. The van der Waals surface area contributed by atoms with E-state index in [0.29, 0.717) is 5.02 Å². The molecule has 90 valence electrons. The molecule has 0 bridgehead atoms. The van der Waals surface area contributed by atoms with Crippen LogP contribution in [-0.2, 0) is 0 Å². The van der Waals surface area contributed by atoms with Crippen LogP contribution >= 0.6 is 11.6 Å². The first kappa shape index (κ1) is 13.5. The van der Waals surface area contributed by atoms with E-state index in [1.54, 1.807) is 0 Å². The number of hydrogen-bond donors (Lipinski definition) is 1. The molecule has 0 saturated heterocycles. The van der Waals surface area contributed by atoms with Gasteiger partial charge in [0.2, 0.25) is 0 Å². The summed E-state index contributed by atoms with van der Waals surface area (Å²) in [7, 11) is 0. The van der Waals surface area contributed by atoms with Crippen molar-refractivity contribution in [2.24, 2.45) is 11.3 Å². The van der Waals surface area contributed by atoms with Crippen molar-refractivity contribution in [2.75, 3.05) is 0 Å². The van der Waals surface area contributed by atoms with Gasteiger partial charge < -0.3 is 5.11 Å². The van der Waals surface area contributed by atoms with Gasteiger partial charge in [-0.25, -0.2) is 0 Å². The van der Waals surface area contributed by atoms with Gasteiger partial charge in [-0.1, -0.05) is 51.4 Å². The minimum Gasteiger partial charge on any atom is -0.388 e. The fourth-order valence-corrected chi connectivity index (χ4v) is 2.30. The Labute approximate surface area is 103 Å². The molecule has 0 radical (unpaired) electrons. The number of hydrogen-bond acceptors (Lipinski definition) is 1. The zero-order chi connectivity index (χ0) is 12.3. The summed E-state index contributed by atoms with van der Waals surface area (Å²) in [6.07, 6.45) is 0.554. The Morgan fingerprint density at radius 1 is 1.31 bits per heavy atom. The van der Waals surface area contributed by atoms with E-state index in [1.165, 1.54) is 0 Å². The monoisotopic (exact) mass is 240 g/mol. The number of halogens is 1. The van der Waals surface area contributed by atoms with Crippen LogP contribution in [0.15, 0.2) is 24.3 Å². The van der Waals surface area contributed by atoms with E-state index in [-0.39, 0.29) is 11.3 Å². The maximum atomic E-state index is 10.2. The topological polar surface area (TPSA) is 20.2 Å². The third kappa shape index (κ3) is 4.15. The van der Waals surface area contributed by atoms with Crippen molar-refractivity contribution in [3.8, 4) is 0 Å². The third-order valence-electron chi connectivity index (χ3n) is 2.66. The van der Waals surface area contributed by atoms with Gasteiger partial charge in [-0.15, -0.1) is 0 Å². The van der Waals surface area contributed by atoms with Crippen molar-refractivity contribution < 1.29 is 5.11 Å². The quantitative estimate of drug-likeness (QED) is 0.828. The lowest BCUT2D eigenvalue weighted by Crippen LogP contribution is -2.17. The SMILES string of the molecule is CC(CC(C)(C)C)[C@@H](O)c1cccc(Cl)c1. The van der Waals surface area contributed by atoms with E-state index in [9.17, 15) is 5.11 Å². The Morgan fingerprint density at radius 2 is 1.94 bits per heavy atom. The predicted molar refractivity (Wildman–Crippen MR) is 69.6 cm³/mol. The maximum absolute atomic E-state index is 10.2. The molecule has 1 aromatic carbocycles. The zero-order valence-corrected chi connectivity index (χ0v) is 11.3. The summed E-state index contributed by atoms with van der Waals surface area (Å²) < 4.78 is 0. The first-order valence-electron chi connectivity index (χ1n) is 5.73. The van der Waals surface area contributed by atoms with Crippen LogP contribution in [-0.4, -0.2) is 5.11 Å². The van der Waals surface area contributed by atoms with Gasteiger partial charge in [-0.2, -0.15) is 0 Å². The van der Waals surface area contributed by atoms with Crippen LogP contribution in [0.4, 0.5) is 0 Å². The maximum Gasteiger partial charge on any atom is 0.0816 e. The Balaban J connectivity index is 2.74. The van der Waals surface area contributed by atoms with E-state index in [0.717, 1.165) is 12.0 Å². The van der Waals surface area contributed by atoms with Gasteiger partial charge in [-0.05, 0) is 35.4 Å². The lowest BCUT2D eigenvalue weighted by Gasteiger charge is -2.27. The molecule has 0 heterocycles. The molecular formula is C14H21ClO. The molecule has 1 nitrogen and oxygen atoms in total. The molecule has 0 aliphatic heterocycles. The molecule has 1 rings (SSSR count). The molecule has 0 saturated carbocycles. The van der Waals surface area contributed by atoms with E-state index in [4.69, 9.17) is 11.6 Å². The highest BCUT2D eigenvalue weighted by atomic mass is 35.5. The van der Waals surface area contributed by atoms with E-state index >= 15 is 0 Å². The molecule has 0 spiro atoms. The fourth-order valence-electron chi connectivity index (χ4n) is 2.10. The van der Waals surface area contributed by atoms with Gasteiger partial charge in [0.05, 0.1) is 6.10 Å². The molecular weight excluding hydrogens is 220 g/mol. The van der Waals surface area contributed by atoms with Crippen LogP contribution in [0.3, 0.4) is 0 Å². The molecule has 0 aromatic heterocycles. The highest BCUT2D eigenvalue weighted by molar-refractivity contribution is 6.30. The Hall–Kier alpha value is -0.530. The minimum atomic E-state index is -0.432. The highest BCUT2D eigenvalue weighted by Crippen LogP contribution is 2.33. The van der Waals surface area contributed by atoms with Gasteiger partial charge in [0, 0.05) is 5.02 Å². The van der Waals surface area contributed by atoms with Gasteiger partial charge >= 0.3 is 0 Å². The van der Waals surface area contributed by atoms with Crippen molar-refractivity contribution >= 4 is 11.6 Å². The second-order valence-electron chi connectivity index (χ2n) is 5.74. The highest BCUT2D eigenvalue weighted by Gasteiger charge is 2.22. The average Bonchev–Trinajstić information content (AvgIpc) is 2.14. The third-order valence-corrected chi connectivity index (χ3v) is 2.90. The molecule has 1 N–H and O–H groups in total. The first-order chi connectivity index (χ1) is 7.29. The second kappa shape index (κ2) is 5.20. The van der Waals surface area contributed by atoms with Crippen LogP contribution in [0.5, 0.6) is 0 Å². The number of benzene rings is 1. The first-order valence-corrected chi connectivity index (χ1v) is 6.11. The Bertz CT molecular complexity index is 341. The molecule has 2 heteroatoms. The molecule has 0 fully saturated rings. The second-order valence-corrected chi connectivity index (χ2v) is 6.18. The predicted octanol–water partition coefficient (Wildman–Crippen LogP) is 4.45. The van der Waals surface area contributed by atoms with Gasteiger partial charge in [0.15, 0.2) is 0 Å². The van der Waals surface area contributed by atoms with Crippen LogP contribution in [0.2, 0.25) is 5.02 Å². The molecule has 1 unspecified atom stereocenters. The molecule has 16 heavy (non-hydrogen) atoms. The van der Waals surface area contributed by atoms with E-state index in [1.807, 2.05) is 24.3 Å². The van der Waals surface area contributed by atoms with Crippen LogP contribution < -0.4 is 0 Å². The number of aliphatic hydroxyl groups is 1. The standard InChI is InChI=1S/C14H21ClO/c1-10(9-14(2,3)4)13(16)11-6-5-7-12(15)8-11/h5-8,10,13,16H,9H2,1-4H3/t10?,13-/m1/s1. The molecule has 1 aromatic rings. The largest absolute Gasteiger partial charge is 0.388 e. The summed E-state index contributed by atoms with van der Waals surface area (Å²) >= 11 is 5.92. The summed E-state index contributed by atoms with van der Waals surface area (Å²) in [6.45, 7) is 8.65. The van der Waals surface area contributed by atoms with Crippen molar-refractivity contribution in [3.05, 3.63) is 34.9 Å². The molecule has 2 atom stereocenters. The smallest absolute Gasteiger partial charge is 0.0816 e. The van der Waals surface area contributed by atoms with Gasteiger partial charge in [-0.3, -0.25) is 0 Å².